The number of hydrogen-bond acceptors (Lipinski definition) is 5. The van der Waals surface area contributed by atoms with Crippen LogP contribution in [0.25, 0.3) is 0 Å². The molecule has 1 atom stereocenters. The van der Waals surface area contributed by atoms with Crippen molar-refractivity contribution in [1.29, 1.82) is 0 Å². The number of amides is 4. The van der Waals surface area contributed by atoms with Gasteiger partial charge < -0.3 is 9.80 Å². The zero-order valence-corrected chi connectivity index (χ0v) is 18.3. The van der Waals surface area contributed by atoms with Crippen molar-refractivity contribution < 1.29 is 14.4 Å². The van der Waals surface area contributed by atoms with Crippen LogP contribution in [0.1, 0.15) is 18.4 Å². The predicted molar refractivity (Wildman–Crippen MR) is 119 cm³/mol. The molecule has 3 aliphatic heterocycles. The lowest BCUT2D eigenvalue weighted by atomic mass is 10.1. The Bertz CT molecular complexity index is 940. The molecule has 0 aliphatic carbocycles. The van der Waals surface area contributed by atoms with Gasteiger partial charge in [-0.25, -0.2) is 4.79 Å². The summed E-state index contributed by atoms with van der Waals surface area (Å²) in [5, 5.41) is 2.08. The van der Waals surface area contributed by atoms with Crippen LogP contribution in [-0.2, 0) is 9.59 Å². The first-order valence-corrected chi connectivity index (χ1v) is 11.3. The van der Waals surface area contributed by atoms with E-state index in [0.29, 0.717) is 36.7 Å². The molecule has 1 fully saturated rings. The van der Waals surface area contributed by atoms with Crippen LogP contribution in [0.15, 0.2) is 34.7 Å². The fourth-order valence-electron chi connectivity index (χ4n) is 3.90. The van der Waals surface area contributed by atoms with E-state index in [4.69, 9.17) is 11.6 Å². The lowest BCUT2D eigenvalue weighted by molar-refractivity contribution is -0.132. The van der Waals surface area contributed by atoms with E-state index in [-0.39, 0.29) is 18.4 Å². The third kappa shape index (κ3) is 4.25. The predicted octanol–water partition coefficient (Wildman–Crippen LogP) is 3.11. The molecule has 0 aromatic heterocycles. The van der Waals surface area contributed by atoms with Crippen LogP contribution >= 0.6 is 23.4 Å². The number of anilines is 1. The van der Waals surface area contributed by atoms with Gasteiger partial charge in [0.05, 0.1) is 5.71 Å². The minimum absolute atomic E-state index is 0.0514. The molecule has 0 saturated carbocycles. The fraction of sp³-hybridized carbons (Fsp3) is 0.429. The number of urea groups is 1. The van der Waals surface area contributed by atoms with Gasteiger partial charge in [0.2, 0.25) is 11.8 Å². The zero-order chi connectivity index (χ0) is 21.3. The summed E-state index contributed by atoms with van der Waals surface area (Å²) in [6, 6.07) is 5.32. The van der Waals surface area contributed by atoms with Crippen molar-refractivity contribution in [2.45, 2.75) is 25.0 Å². The fourth-order valence-corrected chi connectivity index (χ4v) is 4.96. The van der Waals surface area contributed by atoms with Gasteiger partial charge in [0, 0.05) is 49.9 Å². The van der Waals surface area contributed by atoms with Crippen LogP contribution in [0.5, 0.6) is 0 Å². The number of aryl methyl sites for hydroxylation is 1. The molecule has 3 aliphatic rings. The number of nitrogens with zero attached hydrogens (tertiary/aromatic N) is 4. The molecule has 0 bridgehead atoms. The van der Waals surface area contributed by atoms with E-state index in [0.717, 1.165) is 24.3 Å². The van der Waals surface area contributed by atoms with E-state index in [1.165, 1.54) is 16.7 Å². The third-order valence-corrected chi connectivity index (χ3v) is 6.83. The average Bonchev–Trinajstić information content (AvgIpc) is 3.21. The normalized spacial score (nSPS) is 21.2. The SMILES string of the molecule is Cc1ccc(Cl)cc1N1CCN(C(=O)CCCN2C(=O)N=C3C=CSC3C2=O)CC1. The molecule has 9 heteroatoms. The Balaban J connectivity index is 1.25. The van der Waals surface area contributed by atoms with Crippen molar-refractivity contribution in [2.24, 2.45) is 4.99 Å². The second-order valence-electron chi connectivity index (χ2n) is 7.53. The van der Waals surface area contributed by atoms with E-state index in [1.807, 2.05) is 23.1 Å². The molecule has 1 aromatic rings. The maximum Gasteiger partial charge on any atom is 0.350 e. The standard InChI is InChI=1S/C21H23ClN4O3S/c1-14-4-5-15(22)13-17(14)24-8-10-25(11-9-24)18(27)3-2-7-26-20(28)19-16(6-12-30-19)23-21(26)29/h4-6,12-13,19H,2-3,7-11H2,1H3. The molecule has 0 radical (unpaired) electrons. The van der Waals surface area contributed by atoms with E-state index in [1.54, 1.807) is 11.5 Å². The summed E-state index contributed by atoms with van der Waals surface area (Å²) in [5.41, 5.74) is 2.79. The quantitative estimate of drug-likeness (QED) is 0.694. The van der Waals surface area contributed by atoms with Crippen molar-refractivity contribution in [3.8, 4) is 0 Å². The van der Waals surface area contributed by atoms with E-state index in [9.17, 15) is 14.4 Å². The number of allylic oxidation sites excluding steroid dienone is 1. The average molecular weight is 447 g/mol. The lowest BCUT2D eigenvalue weighted by Crippen LogP contribution is -2.49. The van der Waals surface area contributed by atoms with Gasteiger partial charge in [-0.3, -0.25) is 14.5 Å². The Morgan fingerprint density at radius 3 is 2.77 bits per heavy atom. The highest BCUT2D eigenvalue weighted by Gasteiger charge is 2.38. The molecule has 7 nitrogen and oxygen atoms in total. The van der Waals surface area contributed by atoms with Gasteiger partial charge in [0.15, 0.2) is 0 Å². The summed E-state index contributed by atoms with van der Waals surface area (Å²) in [6.45, 7) is 5.06. The van der Waals surface area contributed by atoms with Gasteiger partial charge in [-0.05, 0) is 42.5 Å². The van der Waals surface area contributed by atoms with E-state index in [2.05, 4.69) is 16.8 Å². The van der Waals surface area contributed by atoms with Gasteiger partial charge >= 0.3 is 6.03 Å². The maximum atomic E-state index is 12.6. The molecule has 4 rings (SSSR count). The van der Waals surface area contributed by atoms with Crippen LogP contribution in [0.4, 0.5) is 10.5 Å². The number of fused-ring (bicyclic) bond motifs is 1. The summed E-state index contributed by atoms with van der Waals surface area (Å²) in [6.07, 6.45) is 2.45. The van der Waals surface area contributed by atoms with Gasteiger partial charge in [0.25, 0.3) is 0 Å². The van der Waals surface area contributed by atoms with Gasteiger partial charge in [0.1, 0.15) is 5.25 Å². The Kier molecular flexibility index (Phi) is 6.15. The van der Waals surface area contributed by atoms with Gasteiger partial charge in [-0.2, -0.15) is 4.99 Å². The van der Waals surface area contributed by atoms with E-state index >= 15 is 0 Å². The Morgan fingerprint density at radius 1 is 1.23 bits per heavy atom. The second kappa shape index (κ2) is 8.81. The Hall–Kier alpha value is -2.32. The first-order chi connectivity index (χ1) is 14.4. The molecule has 0 spiro atoms. The smallest absolute Gasteiger partial charge is 0.350 e. The summed E-state index contributed by atoms with van der Waals surface area (Å²) >= 11 is 7.49. The molecule has 1 aromatic carbocycles. The largest absolute Gasteiger partial charge is 0.368 e. The molecule has 30 heavy (non-hydrogen) atoms. The number of imide groups is 1. The highest BCUT2D eigenvalue weighted by atomic mass is 35.5. The summed E-state index contributed by atoms with van der Waals surface area (Å²) in [7, 11) is 0. The summed E-state index contributed by atoms with van der Waals surface area (Å²) < 4.78 is 0. The molecule has 3 heterocycles. The molecular formula is C21H23ClN4O3S. The van der Waals surface area contributed by atoms with Crippen LogP contribution in [-0.4, -0.2) is 71.3 Å². The van der Waals surface area contributed by atoms with Crippen LogP contribution < -0.4 is 4.90 Å². The summed E-state index contributed by atoms with van der Waals surface area (Å²) in [4.78, 5) is 46.4. The first kappa shape index (κ1) is 20.9. The minimum Gasteiger partial charge on any atom is -0.368 e. The molecular weight excluding hydrogens is 424 g/mol. The number of rotatable bonds is 5. The highest BCUT2D eigenvalue weighted by molar-refractivity contribution is 8.04. The number of carbonyl (C=O) groups is 3. The molecule has 4 amide bonds. The molecule has 0 N–H and O–H groups in total. The Morgan fingerprint density at radius 2 is 2.00 bits per heavy atom. The lowest BCUT2D eigenvalue weighted by Gasteiger charge is -2.37. The van der Waals surface area contributed by atoms with Crippen molar-refractivity contribution in [2.75, 3.05) is 37.6 Å². The minimum atomic E-state index is -0.531. The number of aliphatic imine (C=N–C) groups is 1. The van der Waals surface area contributed by atoms with Crippen LogP contribution in [0, 0.1) is 6.92 Å². The van der Waals surface area contributed by atoms with E-state index < -0.39 is 11.3 Å². The second-order valence-corrected chi connectivity index (χ2v) is 8.98. The number of halogens is 1. The molecule has 1 unspecified atom stereocenters. The van der Waals surface area contributed by atoms with Gasteiger partial charge in [-0.15, -0.1) is 11.8 Å². The van der Waals surface area contributed by atoms with Crippen LogP contribution in [0.3, 0.4) is 0 Å². The number of hydrogen-bond donors (Lipinski definition) is 0. The van der Waals surface area contributed by atoms with Crippen molar-refractivity contribution in [3.63, 3.8) is 0 Å². The topological polar surface area (TPSA) is 73.3 Å². The number of piperazine rings is 1. The van der Waals surface area contributed by atoms with Crippen molar-refractivity contribution in [3.05, 3.63) is 40.3 Å². The number of carbonyl (C=O) groups excluding carboxylic acids is 3. The molecule has 158 valence electrons. The first-order valence-electron chi connectivity index (χ1n) is 9.99. The number of thioether (sulfide) groups is 1. The zero-order valence-electron chi connectivity index (χ0n) is 16.7. The maximum absolute atomic E-state index is 12.6. The van der Waals surface area contributed by atoms with Crippen molar-refractivity contribution in [1.82, 2.24) is 9.80 Å². The highest BCUT2D eigenvalue weighted by Crippen LogP contribution is 2.28. The van der Waals surface area contributed by atoms with Crippen LogP contribution in [0.2, 0.25) is 5.02 Å². The number of benzene rings is 1. The van der Waals surface area contributed by atoms with Gasteiger partial charge in [-0.1, -0.05) is 17.7 Å². The third-order valence-electron chi connectivity index (χ3n) is 5.58. The molecule has 1 saturated heterocycles. The monoisotopic (exact) mass is 446 g/mol. The Labute approximate surface area is 184 Å². The summed E-state index contributed by atoms with van der Waals surface area (Å²) in [5.74, 6) is -0.187. The van der Waals surface area contributed by atoms with Crippen molar-refractivity contribution >= 4 is 52.6 Å².